The zero-order chi connectivity index (χ0) is 22.0. The fourth-order valence-corrected chi connectivity index (χ4v) is 0.520. The Labute approximate surface area is 170 Å². The van der Waals surface area contributed by atoms with Gasteiger partial charge in [-0.15, -0.1) is 71.6 Å². The summed E-state index contributed by atoms with van der Waals surface area (Å²) < 4.78 is 0. The van der Waals surface area contributed by atoms with Gasteiger partial charge in [-0.2, -0.15) is 0 Å². The molecule has 0 aromatic heterocycles. The molecule has 0 unspecified atom stereocenters. The number of nitrogens with zero attached hydrogens (tertiary/aromatic N) is 12. The molecule has 16 heteroatoms. The van der Waals surface area contributed by atoms with Crippen molar-refractivity contribution in [1.29, 1.82) is 63.1 Å². The summed E-state index contributed by atoms with van der Waals surface area (Å²) in [6, 6.07) is 0. The molecular formula is C12B3CoN12. The van der Waals surface area contributed by atoms with Crippen molar-refractivity contribution in [3.63, 3.8) is 0 Å². The Balaban J connectivity index is -0.000000152. The fraction of sp³-hybridized carbons (Fsp3) is 0. The molecule has 28 heavy (non-hydrogen) atoms. The van der Waals surface area contributed by atoms with E-state index in [1.54, 1.807) is 0 Å². The molecule has 0 spiro atoms. The maximum Gasteiger partial charge on any atom is 3.00 e. The van der Waals surface area contributed by atoms with Crippen molar-refractivity contribution in [2.24, 2.45) is 0 Å². The second-order valence-corrected chi connectivity index (χ2v) is 4.15. The van der Waals surface area contributed by atoms with Crippen LogP contribution in [0.1, 0.15) is 0 Å². The molecule has 12 nitrogen and oxygen atoms in total. The quantitative estimate of drug-likeness (QED) is 0.442. The van der Waals surface area contributed by atoms with Crippen LogP contribution in [0.3, 0.4) is 0 Å². The van der Waals surface area contributed by atoms with E-state index in [1.165, 1.54) is 71.6 Å². The van der Waals surface area contributed by atoms with Crippen LogP contribution in [0.25, 0.3) is 0 Å². The van der Waals surface area contributed by atoms with Crippen LogP contribution in [0.15, 0.2) is 0 Å². The summed E-state index contributed by atoms with van der Waals surface area (Å²) in [5.74, 6) is 16.1. The molecule has 0 N–H and O–H groups in total. The minimum atomic E-state index is -2.72. The predicted molar refractivity (Wildman–Crippen MR) is 84.6 cm³/mol. The first-order valence-corrected chi connectivity index (χ1v) is 6.15. The fourth-order valence-electron chi connectivity index (χ4n) is 0.520. The third-order valence-electron chi connectivity index (χ3n) is 2.32. The maximum absolute atomic E-state index is 8.09. The Hall–Kier alpha value is -5.42. The van der Waals surface area contributed by atoms with E-state index in [-0.39, 0.29) is 16.8 Å². The summed E-state index contributed by atoms with van der Waals surface area (Å²) >= 11 is 0. The van der Waals surface area contributed by atoms with Gasteiger partial charge in [-0.3, -0.25) is 0 Å². The molecule has 0 bridgehead atoms. The zero-order valence-corrected chi connectivity index (χ0v) is 14.5. The van der Waals surface area contributed by atoms with Crippen molar-refractivity contribution in [3.05, 3.63) is 0 Å². The number of nitriles is 12. The first-order valence-electron chi connectivity index (χ1n) is 6.15. The molecule has 0 aromatic carbocycles. The second-order valence-electron chi connectivity index (χ2n) is 4.15. The summed E-state index contributed by atoms with van der Waals surface area (Å²) in [6.45, 7) is 0. The van der Waals surface area contributed by atoms with Crippen LogP contribution >= 0.6 is 0 Å². The standard InChI is InChI=1S/3C4BN4.Co/c3*6-1-5(2-7,3-8)4-9;/q3*-1;+3. The average Bonchev–Trinajstić information content (AvgIpc) is 2.75. The van der Waals surface area contributed by atoms with Gasteiger partial charge >= 0.3 is 35.2 Å². The molecule has 0 aliphatic heterocycles. The van der Waals surface area contributed by atoms with Crippen LogP contribution in [0.5, 0.6) is 0 Å². The Bertz CT molecular complexity index is 765. The molecule has 0 aromatic rings. The smallest absolute Gasteiger partial charge is 0.245 e. The van der Waals surface area contributed by atoms with Crippen molar-refractivity contribution in [2.45, 2.75) is 0 Å². The van der Waals surface area contributed by atoms with Crippen LogP contribution in [-0.4, -0.2) is 18.4 Å². The van der Waals surface area contributed by atoms with Gasteiger partial charge in [-0.1, -0.05) is 0 Å². The molecule has 126 valence electrons. The molecule has 0 atom stereocenters. The van der Waals surface area contributed by atoms with E-state index in [1.807, 2.05) is 0 Å². The van der Waals surface area contributed by atoms with Crippen molar-refractivity contribution in [1.82, 2.24) is 0 Å². The normalized spacial score (nSPS) is 7.29. The number of rotatable bonds is 0. The van der Waals surface area contributed by atoms with Gasteiger partial charge in [0.1, 0.15) is 0 Å². The van der Waals surface area contributed by atoms with Gasteiger partial charge in [0.15, 0.2) is 0 Å². The third-order valence-corrected chi connectivity index (χ3v) is 2.32. The van der Waals surface area contributed by atoms with Gasteiger partial charge in [0.25, 0.3) is 0 Å². The van der Waals surface area contributed by atoms with Crippen molar-refractivity contribution >= 4 is 18.4 Å². The largest absolute Gasteiger partial charge is 3.00 e. The summed E-state index contributed by atoms with van der Waals surface area (Å²) in [6.07, 6.45) is -8.17. The Morgan fingerprint density at radius 1 is 0.250 bits per heavy atom. The summed E-state index contributed by atoms with van der Waals surface area (Å²) in [5, 5.41) is 97.0. The van der Waals surface area contributed by atoms with Crippen molar-refractivity contribution < 1.29 is 16.8 Å². The number of hydrogen-bond donors (Lipinski definition) is 0. The number of hydrogen-bond acceptors (Lipinski definition) is 12. The van der Waals surface area contributed by atoms with E-state index >= 15 is 0 Å². The predicted octanol–water partition coefficient (Wildman–Crippen LogP) is -0.944. The van der Waals surface area contributed by atoms with E-state index in [0.717, 1.165) is 0 Å². The Morgan fingerprint density at radius 3 is 0.321 bits per heavy atom. The van der Waals surface area contributed by atoms with E-state index in [4.69, 9.17) is 63.1 Å². The van der Waals surface area contributed by atoms with E-state index in [2.05, 4.69) is 0 Å². The van der Waals surface area contributed by atoms with Crippen LogP contribution in [0, 0.1) is 135 Å². The molecule has 0 aliphatic rings. The molecule has 0 saturated carbocycles. The maximum atomic E-state index is 8.09. The van der Waals surface area contributed by atoms with E-state index in [9.17, 15) is 0 Å². The first kappa shape index (κ1) is 30.5. The summed E-state index contributed by atoms with van der Waals surface area (Å²) in [5.41, 5.74) is 0. The van der Waals surface area contributed by atoms with Crippen molar-refractivity contribution in [2.75, 3.05) is 0 Å². The molecule has 0 saturated heterocycles. The minimum absolute atomic E-state index is 0. The topological polar surface area (TPSA) is 285 Å². The van der Waals surface area contributed by atoms with Gasteiger partial charge in [-0.05, 0) is 0 Å². The molecule has 0 aliphatic carbocycles. The summed E-state index contributed by atoms with van der Waals surface area (Å²) in [7, 11) is 0. The molecule has 0 amide bonds. The SMILES string of the molecule is N#C[B-](C#N)(C#N)C#N.N#C[B-](C#N)(C#N)C#N.N#C[B-](C#N)(C#N)C#N.[Co+3]. The van der Waals surface area contributed by atoms with Crippen LogP contribution in [0.4, 0.5) is 0 Å². The Morgan fingerprint density at radius 2 is 0.321 bits per heavy atom. The van der Waals surface area contributed by atoms with Gasteiger partial charge in [0.2, 0.25) is 0 Å². The molecule has 0 heterocycles. The van der Waals surface area contributed by atoms with E-state index in [0.29, 0.717) is 0 Å². The van der Waals surface area contributed by atoms with Gasteiger partial charge < -0.3 is 0 Å². The van der Waals surface area contributed by atoms with E-state index < -0.39 is 18.4 Å². The second kappa shape index (κ2) is 15.1. The molecule has 0 fully saturated rings. The first-order chi connectivity index (χ1) is 12.7. The Kier molecular flexibility index (Phi) is 16.5. The van der Waals surface area contributed by atoms with Gasteiger partial charge in [-0.25, -0.2) is 63.1 Å². The minimum Gasteiger partial charge on any atom is -0.245 e. The van der Waals surface area contributed by atoms with Crippen LogP contribution in [0.2, 0.25) is 0 Å². The monoisotopic (exact) mass is 404 g/mol. The van der Waals surface area contributed by atoms with Crippen molar-refractivity contribution in [3.8, 4) is 71.6 Å². The molecule has 0 rings (SSSR count). The average molecular weight is 404 g/mol. The van der Waals surface area contributed by atoms with Crippen LogP contribution < -0.4 is 0 Å². The third kappa shape index (κ3) is 8.44. The van der Waals surface area contributed by atoms with Gasteiger partial charge in [0, 0.05) is 0 Å². The summed E-state index contributed by atoms with van der Waals surface area (Å²) in [4.78, 5) is 0. The van der Waals surface area contributed by atoms with Gasteiger partial charge in [0.05, 0.1) is 0 Å². The van der Waals surface area contributed by atoms with Crippen LogP contribution in [-0.2, 0) is 16.8 Å². The molecular weight excluding hydrogens is 404 g/mol. The molecule has 0 radical (unpaired) electrons. The zero-order valence-electron chi connectivity index (χ0n) is 13.4.